The van der Waals surface area contributed by atoms with Gasteiger partial charge in [0.05, 0.1) is 17.2 Å². The number of benzene rings is 1. The van der Waals surface area contributed by atoms with E-state index in [1.165, 1.54) is 19.4 Å². The summed E-state index contributed by atoms with van der Waals surface area (Å²) in [6, 6.07) is 3.35. The van der Waals surface area contributed by atoms with Crippen molar-refractivity contribution in [2.75, 3.05) is 36.3 Å². The summed E-state index contributed by atoms with van der Waals surface area (Å²) in [7, 11) is -2.84. The Kier molecular flexibility index (Phi) is 7.88. The first kappa shape index (κ1) is 29.0. The van der Waals surface area contributed by atoms with E-state index in [1.807, 2.05) is 9.62 Å². The van der Waals surface area contributed by atoms with Gasteiger partial charge in [-0.25, -0.2) is 23.7 Å². The van der Waals surface area contributed by atoms with E-state index in [2.05, 4.69) is 19.9 Å². The van der Waals surface area contributed by atoms with Crippen molar-refractivity contribution in [2.45, 2.75) is 19.8 Å². The second kappa shape index (κ2) is 11.4. The third-order valence-electron chi connectivity index (χ3n) is 7.29. The lowest BCUT2D eigenvalue weighted by Gasteiger charge is -2.29. The number of carbonyl (C=O) groups excluding carboxylic acids is 1. The fourth-order valence-electron chi connectivity index (χ4n) is 4.67. The largest absolute Gasteiger partial charge is 0.481 e. The van der Waals surface area contributed by atoms with Crippen LogP contribution in [0.3, 0.4) is 0 Å². The van der Waals surface area contributed by atoms with E-state index in [-0.39, 0.29) is 23.4 Å². The Labute approximate surface area is 239 Å². The lowest BCUT2D eigenvalue weighted by atomic mass is 9.97. The molecule has 0 radical (unpaired) electrons. The van der Waals surface area contributed by atoms with Gasteiger partial charge >= 0.3 is 16.2 Å². The van der Waals surface area contributed by atoms with Crippen LogP contribution in [0.2, 0.25) is 0 Å². The minimum atomic E-state index is -4.13. The Hall–Kier alpha value is -4.50. The number of aliphatic carboxylic acids is 1. The number of hydrogen-bond acceptors (Lipinski definition) is 8. The zero-order valence-corrected chi connectivity index (χ0v) is 23.5. The van der Waals surface area contributed by atoms with Crippen LogP contribution in [0.4, 0.5) is 20.4 Å². The van der Waals surface area contributed by atoms with E-state index in [0.29, 0.717) is 48.7 Å². The number of carboxylic acids is 1. The van der Waals surface area contributed by atoms with Gasteiger partial charge in [-0.15, -0.1) is 0 Å². The van der Waals surface area contributed by atoms with Crippen molar-refractivity contribution in [3.8, 4) is 11.1 Å². The molecule has 1 aromatic carbocycles. The van der Waals surface area contributed by atoms with Gasteiger partial charge in [0, 0.05) is 73.5 Å². The quantitative estimate of drug-likeness (QED) is 0.245. The maximum absolute atomic E-state index is 15.4. The van der Waals surface area contributed by atoms with Gasteiger partial charge in [-0.05, 0) is 31.0 Å². The standard InChI is InChI=1S/C27H27F2N7O5S/c1-3-35(2)42(40,41)34-21-5-4-20(28)22(23(21)29)24(37)19-14-31-25-18(19)10-16(11-30-25)17-12-32-27(33-13-17)36-8-6-15(7-9-36)26(38)39/h4-5,10-15,34H,3,6-9H2,1-2H3,(H,30,31)(H,38,39). The summed E-state index contributed by atoms with van der Waals surface area (Å²) in [5, 5.41) is 9.48. The molecule has 1 fully saturated rings. The highest BCUT2D eigenvalue weighted by Gasteiger charge is 2.28. The summed E-state index contributed by atoms with van der Waals surface area (Å²) in [6.07, 6.45) is 6.96. The molecule has 5 rings (SSSR count). The number of piperidine rings is 1. The van der Waals surface area contributed by atoms with Gasteiger partial charge in [0.25, 0.3) is 0 Å². The van der Waals surface area contributed by atoms with Gasteiger partial charge in [0.1, 0.15) is 11.5 Å². The third kappa shape index (κ3) is 5.52. The minimum Gasteiger partial charge on any atom is -0.481 e. The lowest BCUT2D eigenvalue weighted by Crippen LogP contribution is -2.37. The van der Waals surface area contributed by atoms with E-state index >= 15 is 4.39 Å². The summed E-state index contributed by atoms with van der Waals surface area (Å²) in [4.78, 5) is 42.5. The Morgan fingerprint density at radius 3 is 2.43 bits per heavy atom. The van der Waals surface area contributed by atoms with Crippen LogP contribution in [0.1, 0.15) is 35.7 Å². The molecule has 4 aromatic rings. The predicted octanol–water partition coefficient (Wildman–Crippen LogP) is 3.44. The molecule has 3 N–H and O–H groups in total. The monoisotopic (exact) mass is 599 g/mol. The van der Waals surface area contributed by atoms with E-state index in [9.17, 15) is 27.5 Å². The van der Waals surface area contributed by atoms with Crippen LogP contribution < -0.4 is 9.62 Å². The molecule has 3 aromatic heterocycles. The van der Waals surface area contributed by atoms with Crippen LogP contribution in [0.15, 0.2) is 43.0 Å². The average Bonchev–Trinajstić information content (AvgIpc) is 3.41. The summed E-state index contributed by atoms with van der Waals surface area (Å²) >= 11 is 0. The highest BCUT2D eigenvalue weighted by atomic mass is 32.2. The second-order valence-electron chi connectivity index (χ2n) is 9.83. The first-order chi connectivity index (χ1) is 20.0. The van der Waals surface area contributed by atoms with Crippen molar-refractivity contribution < 1.29 is 31.9 Å². The maximum Gasteiger partial charge on any atom is 0.306 e. The van der Waals surface area contributed by atoms with E-state index in [0.717, 1.165) is 16.4 Å². The third-order valence-corrected chi connectivity index (χ3v) is 8.84. The molecule has 42 heavy (non-hydrogen) atoms. The summed E-state index contributed by atoms with van der Waals surface area (Å²) in [6.45, 7) is 2.73. The zero-order valence-electron chi connectivity index (χ0n) is 22.6. The first-order valence-electron chi connectivity index (χ1n) is 13.0. The van der Waals surface area contributed by atoms with Crippen molar-refractivity contribution in [1.82, 2.24) is 24.2 Å². The number of aromatic amines is 1. The number of halogens is 2. The van der Waals surface area contributed by atoms with Crippen LogP contribution in [-0.4, -0.2) is 76.2 Å². The van der Waals surface area contributed by atoms with Gasteiger partial charge in [-0.2, -0.15) is 12.7 Å². The van der Waals surface area contributed by atoms with Gasteiger partial charge in [-0.1, -0.05) is 6.92 Å². The number of ketones is 1. The number of aromatic nitrogens is 4. The number of rotatable bonds is 9. The van der Waals surface area contributed by atoms with E-state index in [4.69, 9.17) is 0 Å². The minimum absolute atomic E-state index is 0.0679. The number of H-pyrrole nitrogens is 1. The number of carbonyl (C=O) groups is 2. The van der Waals surface area contributed by atoms with Crippen molar-refractivity contribution in [3.63, 3.8) is 0 Å². The van der Waals surface area contributed by atoms with Gasteiger partial charge < -0.3 is 15.0 Å². The lowest BCUT2D eigenvalue weighted by molar-refractivity contribution is -0.142. The SMILES string of the molecule is CCN(C)S(=O)(=O)Nc1ccc(F)c(C(=O)c2c[nH]c3ncc(-c4cnc(N5CCC(C(=O)O)CC5)nc4)cc23)c1F. The number of carboxylic acid groups (broad SMARTS) is 1. The average molecular weight is 600 g/mol. The van der Waals surface area contributed by atoms with Crippen LogP contribution >= 0.6 is 0 Å². The molecule has 12 nitrogen and oxygen atoms in total. The molecule has 4 heterocycles. The highest BCUT2D eigenvalue weighted by Crippen LogP contribution is 2.30. The van der Waals surface area contributed by atoms with E-state index < -0.39 is 44.8 Å². The fraction of sp³-hybridized carbons (Fsp3) is 0.296. The molecule has 0 atom stereocenters. The Morgan fingerprint density at radius 1 is 1.12 bits per heavy atom. The summed E-state index contributed by atoms with van der Waals surface area (Å²) in [5.74, 6) is -4.23. The number of anilines is 2. The molecule has 15 heteroatoms. The molecule has 0 unspecified atom stereocenters. The van der Waals surface area contributed by atoms with Crippen LogP contribution in [0, 0.1) is 17.6 Å². The normalized spacial score (nSPS) is 14.5. The van der Waals surface area contributed by atoms with Crippen molar-refractivity contribution in [1.29, 1.82) is 0 Å². The topological polar surface area (TPSA) is 161 Å². The molecular formula is C27H27F2N7O5S. The molecule has 1 saturated heterocycles. The number of fused-ring (bicyclic) bond motifs is 1. The number of pyridine rings is 1. The van der Waals surface area contributed by atoms with Crippen LogP contribution in [0.25, 0.3) is 22.2 Å². The molecule has 0 aliphatic carbocycles. The second-order valence-corrected chi connectivity index (χ2v) is 11.6. The fourth-order valence-corrected chi connectivity index (χ4v) is 5.60. The van der Waals surface area contributed by atoms with Crippen molar-refractivity contribution in [2.24, 2.45) is 5.92 Å². The molecule has 0 spiro atoms. The van der Waals surface area contributed by atoms with Gasteiger partial charge in [0.2, 0.25) is 11.7 Å². The van der Waals surface area contributed by atoms with Gasteiger partial charge in [0.15, 0.2) is 5.82 Å². The molecule has 0 amide bonds. The molecular weight excluding hydrogens is 572 g/mol. The number of nitrogens with zero attached hydrogens (tertiary/aromatic N) is 5. The number of hydrogen-bond donors (Lipinski definition) is 3. The van der Waals surface area contributed by atoms with Crippen molar-refractivity contribution in [3.05, 3.63) is 65.7 Å². The van der Waals surface area contributed by atoms with Crippen LogP contribution in [-0.2, 0) is 15.0 Å². The molecule has 1 aliphatic heterocycles. The Morgan fingerprint density at radius 2 is 1.79 bits per heavy atom. The molecule has 220 valence electrons. The number of nitrogens with one attached hydrogen (secondary N) is 2. The van der Waals surface area contributed by atoms with E-state index in [1.54, 1.807) is 25.4 Å². The summed E-state index contributed by atoms with van der Waals surface area (Å²) in [5.41, 5.74) is -0.146. The predicted molar refractivity (Wildman–Crippen MR) is 150 cm³/mol. The summed E-state index contributed by atoms with van der Waals surface area (Å²) < 4.78 is 58.0. The molecule has 1 aliphatic rings. The maximum atomic E-state index is 15.4. The van der Waals surface area contributed by atoms with Crippen molar-refractivity contribution >= 4 is 44.6 Å². The molecule has 0 saturated carbocycles. The zero-order chi connectivity index (χ0) is 30.2. The van der Waals surface area contributed by atoms with Gasteiger partial charge in [-0.3, -0.25) is 14.3 Å². The Balaban J connectivity index is 1.43. The van der Waals surface area contributed by atoms with Crippen LogP contribution in [0.5, 0.6) is 0 Å². The smallest absolute Gasteiger partial charge is 0.306 e. The Bertz CT molecular complexity index is 1770. The first-order valence-corrected chi connectivity index (χ1v) is 14.5. The highest BCUT2D eigenvalue weighted by molar-refractivity contribution is 7.90. The molecule has 0 bridgehead atoms.